The third-order valence-electron chi connectivity index (χ3n) is 2.67. The lowest BCUT2D eigenvalue weighted by Crippen LogP contribution is -2.67. The minimum Gasteiger partial charge on any atom is -0.272 e. The van der Waals surface area contributed by atoms with E-state index in [2.05, 4.69) is 15.9 Å². The number of alkyl halides is 1. The van der Waals surface area contributed by atoms with Crippen LogP contribution >= 0.6 is 15.9 Å². The van der Waals surface area contributed by atoms with Crippen LogP contribution in [0.5, 0.6) is 0 Å². The summed E-state index contributed by atoms with van der Waals surface area (Å²) in [6.45, 7) is 3.25. The van der Waals surface area contributed by atoms with Gasteiger partial charge in [0.2, 0.25) is 0 Å². The molecule has 4 nitrogen and oxygen atoms in total. The van der Waals surface area contributed by atoms with Gasteiger partial charge in [-0.25, -0.2) is 12.7 Å². The van der Waals surface area contributed by atoms with Crippen LogP contribution in [-0.4, -0.2) is 35.3 Å². The van der Waals surface area contributed by atoms with Crippen molar-refractivity contribution in [1.82, 2.24) is 4.31 Å². The number of unbranched alkanes of at least 4 members (excludes halogenated alkanes) is 2. The van der Waals surface area contributed by atoms with E-state index >= 15 is 0 Å². The molecule has 1 aliphatic rings. The Morgan fingerprint density at radius 2 is 1.87 bits per heavy atom. The highest BCUT2D eigenvalue weighted by Crippen LogP contribution is 2.34. The highest BCUT2D eigenvalue weighted by molar-refractivity contribution is 9.09. The zero-order chi connectivity index (χ0) is 11.7. The lowest BCUT2D eigenvalue weighted by Gasteiger charge is -2.43. The smallest absolute Gasteiger partial charge is 0.258 e. The first-order valence-electron chi connectivity index (χ1n) is 4.98. The number of hydrogen-bond donors (Lipinski definition) is 0. The molecule has 0 N–H and O–H groups in total. The van der Waals surface area contributed by atoms with Crippen LogP contribution < -0.4 is 0 Å². The van der Waals surface area contributed by atoms with Crippen molar-refractivity contribution in [3.63, 3.8) is 0 Å². The van der Waals surface area contributed by atoms with E-state index in [0.717, 1.165) is 28.9 Å². The van der Waals surface area contributed by atoms with Gasteiger partial charge in [-0.3, -0.25) is 4.79 Å². The summed E-state index contributed by atoms with van der Waals surface area (Å²) in [5.41, 5.74) is 0. The Balaban J connectivity index is 2.49. The minimum atomic E-state index is -3.36. The average molecular weight is 298 g/mol. The second-order valence-electron chi connectivity index (χ2n) is 4.14. The molecule has 0 aromatic carbocycles. The summed E-state index contributed by atoms with van der Waals surface area (Å²) in [4.78, 5) is 11.5. The molecular weight excluding hydrogens is 282 g/mol. The summed E-state index contributed by atoms with van der Waals surface area (Å²) in [6.07, 6.45) is 2.68. The highest BCUT2D eigenvalue weighted by atomic mass is 79.9. The van der Waals surface area contributed by atoms with E-state index in [1.54, 1.807) is 0 Å². The summed E-state index contributed by atoms with van der Waals surface area (Å²) in [5, 5.41) is 0.916. The molecule has 0 spiro atoms. The summed E-state index contributed by atoms with van der Waals surface area (Å²) in [7, 11) is -3.36. The molecule has 0 saturated carbocycles. The Hall–Kier alpha value is -0.100. The molecule has 0 aromatic heterocycles. The fourth-order valence-corrected chi connectivity index (χ4v) is 3.47. The minimum absolute atomic E-state index is 0.277. The number of hydrogen-bond acceptors (Lipinski definition) is 3. The monoisotopic (exact) mass is 297 g/mol. The number of rotatable bonds is 5. The normalized spacial score (nSPS) is 22.6. The van der Waals surface area contributed by atoms with Gasteiger partial charge < -0.3 is 0 Å². The standard InChI is InChI=1S/C9H16BrNO3S/c1-9(2)8(12)11(15(9,13)14)7-5-3-4-6-10/h3-7H2,1-2H3. The van der Waals surface area contributed by atoms with Gasteiger partial charge in [-0.2, -0.15) is 0 Å². The van der Waals surface area contributed by atoms with Crippen molar-refractivity contribution < 1.29 is 13.2 Å². The van der Waals surface area contributed by atoms with Crippen molar-refractivity contribution in [3.8, 4) is 0 Å². The fraction of sp³-hybridized carbons (Fsp3) is 0.889. The van der Waals surface area contributed by atoms with Gasteiger partial charge in [0.25, 0.3) is 15.9 Å². The maximum Gasteiger partial charge on any atom is 0.258 e. The summed E-state index contributed by atoms with van der Waals surface area (Å²) in [5.74, 6) is -0.277. The van der Waals surface area contributed by atoms with Crippen LogP contribution in [0.4, 0.5) is 0 Å². The molecule has 1 amide bonds. The van der Waals surface area contributed by atoms with Crippen molar-refractivity contribution in [3.05, 3.63) is 0 Å². The second kappa shape index (κ2) is 4.41. The Labute approximate surface area is 99.2 Å². The summed E-state index contributed by atoms with van der Waals surface area (Å²) in [6, 6.07) is 0. The molecule has 1 rings (SSSR count). The van der Waals surface area contributed by atoms with Crippen LogP contribution in [0, 0.1) is 0 Å². The van der Waals surface area contributed by atoms with Crippen LogP contribution in [0.3, 0.4) is 0 Å². The predicted octanol–water partition coefficient (Wildman–Crippen LogP) is 1.50. The zero-order valence-electron chi connectivity index (χ0n) is 8.99. The molecule has 0 aromatic rings. The lowest BCUT2D eigenvalue weighted by atomic mass is 10.1. The molecule has 1 fully saturated rings. The quantitative estimate of drug-likeness (QED) is 0.571. The van der Waals surface area contributed by atoms with Crippen molar-refractivity contribution in [2.45, 2.75) is 37.9 Å². The van der Waals surface area contributed by atoms with Crippen LogP contribution in [0.1, 0.15) is 33.1 Å². The van der Waals surface area contributed by atoms with Crippen LogP contribution in [0.25, 0.3) is 0 Å². The van der Waals surface area contributed by atoms with Crippen molar-refractivity contribution in [2.24, 2.45) is 0 Å². The summed E-state index contributed by atoms with van der Waals surface area (Å²) >= 11 is 3.30. The van der Waals surface area contributed by atoms with E-state index in [0.29, 0.717) is 6.54 Å². The predicted molar refractivity (Wildman–Crippen MR) is 62.4 cm³/mol. The first-order chi connectivity index (χ1) is 6.85. The number of sulfonamides is 1. The Kier molecular flexibility index (Phi) is 3.81. The van der Waals surface area contributed by atoms with Gasteiger partial charge >= 0.3 is 0 Å². The molecule has 1 aliphatic heterocycles. The van der Waals surface area contributed by atoms with Gasteiger partial charge in [0.1, 0.15) is 0 Å². The van der Waals surface area contributed by atoms with E-state index in [1.165, 1.54) is 13.8 Å². The van der Waals surface area contributed by atoms with Gasteiger partial charge in [0, 0.05) is 11.9 Å². The van der Waals surface area contributed by atoms with Crippen molar-refractivity contribution in [1.29, 1.82) is 0 Å². The third kappa shape index (κ3) is 2.06. The topological polar surface area (TPSA) is 54.5 Å². The number of carbonyl (C=O) groups is 1. The fourth-order valence-electron chi connectivity index (χ4n) is 1.50. The molecule has 0 bridgehead atoms. The van der Waals surface area contributed by atoms with Crippen LogP contribution in [-0.2, 0) is 14.8 Å². The maximum absolute atomic E-state index is 11.6. The van der Waals surface area contributed by atoms with Gasteiger partial charge in [-0.15, -0.1) is 0 Å². The molecule has 1 saturated heterocycles. The average Bonchev–Trinajstić information content (AvgIpc) is 2.16. The number of amides is 1. The molecule has 0 unspecified atom stereocenters. The second-order valence-corrected chi connectivity index (χ2v) is 7.35. The molecular formula is C9H16BrNO3S. The van der Waals surface area contributed by atoms with Crippen molar-refractivity contribution in [2.75, 3.05) is 11.9 Å². The van der Waals surface area contributed by atoms with Crippen LogP contribution in [0.2, 0.25) is 0 Å². The first kappa shape index (κ1) is 13.0. The summed E-state index contributed by atoms with van der Waals surface area (Å²) < 4.78 is 23.1. The van der Waals surface area contributed by atoms with E-state index in [9.17, 15) is 13.2 Å². The molecule has 15 heavy (non-hydrogen) atoms. The molecule has 0 radical (unpaired) electrons. The molecule has 88 valence electrons. The highest BCUT2D eigenvalue weighted by Gasteiger charge is 2.59. The SMILES string of the molecule is CC1(C)C(=O)N(CCCCCBr)S1(=O)=O. The molecule has 0 aliphatic carbocycles. The van der Waals surface area contributed by atoms with Gasteiger partial charge in [0.05, 0.1) is 0 Å². The Morgan fingerprint density at radius 3 is 2.33 bits per heavy atom. The number of carbonyl (C=O) groups excluding carboxylic acids is 1. The third-order valence-corrected chi connectivity index (χ3v) is 5.63. The number of nitrogens with zero attached hydrogens (tertiary/aromatic N) is 1. The van der Waals surface area contributed by atoms with E-state index < -0.39 is 14.8 Å². The number of halogens is 1. The Bertz CT molecular complexity index is 350. The molecule has 6 heteroatoms. The van der Waals surface area contributed by atoms with E-state index in [1.807, 2.05) is 0 Å². The van der Waals surface area contributed by atoms with E-state index in [4.69, 9.17) is 0 Å². The maximum atomic E-state index is 11.6. The molecule has 0 atom stereocenters. The van der Waals surface area contributed by atoms with Gasteiger partial charge in [-0.1, -0.05) is 22.4 Å². The zero-order valence-corrected chi connectivity index (χ0v) is 11.4. The first-order valence-corrected chi connectivity index (χ1v) is 7.54. The van der Waals surface area contributed by atoms with Crippen molar-refractivity contribution >= 4 is 31.9 Å². The van der Waals surface area contributed by atoms with Gasteiger partial charge in [0.15, 0.2) is 4.75 Å². The lowest BCUT2D eigenvalue weighted by molar-refractivity contribution is -0.132. The van der Waals surface area contributed by atoms with Gasteiger partial charge in [-0.05, 0) is 26.7 Å². The Morgan fingerprint density at radius 1 is 1.27 bits per heavy atom. The van der Waals surface area contributed by atoms with E-state index in [-0.39, 0.29) is 5.91 Å². The van der Waals surface area contributed by atoms with Crippen LogP contribution in [0.15, 0.2) is 0 Å². The largest absolute Gasteiger partial charge is 0.272 e. The molecule has 1 heterocycles.